The van der Waals surface area contributed by atoms with E-state index in [1.165, 1.54) is 0 Å². The van der Waals surface area contributed by atoms with Gasteiger partial charge in [-0.15, -0.1) is 11.3 Å². The van der Waals surface area contributed by atoms with Crippen LogP contribution in [0.15, 0.2) is 17.5 Å². The maximum atomic E-state index is 12.5. The molecule has 0 fully saturated rings. The van der Waals surface area contributed by atoms with Crippen molar-refractivity contribution in [1.29, 1.82) is 5.26 Å². The SMILES string of the molecule is Cc1c(C#N)c2n(c1C)C(c1cccs1)C(=O)N2C. The average molecular weight is 271 g/mol. The van der Waals surface area contributed by atoms with Crippen molar-refractivity contribution in [3.8, 4) is 6.07 Å². The normalized spacial score (nSPS) is 17.7. The molecule has 0 aromatic carbocycles. The van der Waals surface area contributed by atoms with Gasteiger partial charge in [0, 0.05) is 17.6 Å². The Balaban J connectivity index is 2.31. The number of thiophene rings is 1. The van der Waals surface area contributed by atoms with Crippen LogP contribution in [-0.4, -0.2) is 17.5 Å². The molecule has 0 saturated carbocycles. The van der Waals surface area contributed by atoms with E-state index in [2.05, 4.69) is 6.07 Å². The fourth-order valence-electron chi connectivity index (χ4n) is 2.68. The average Bonchev–Trinajstić information content (AvgIpc) is 3.05. The first-order valence-electron chi connectivity index (χ1n) is 6.00. The number of hydrogen-bond donors (Lipinski definition) is 0. The van der Waals surface area contributed by atoms with Crippen molar-refractivity contribution >= 4 is 23.1 Å². The summed E-state index contributed by atoms with van der Waals surface area (Å²) in [5.41, 5.74) is 2.55. The highest BCUT2D eigenvalue weighted by Gasteiger charge is 2.40. The summed E-state index contributed by atoms with van der Waals surface area (Å²) in [6, 6.07) is 5.82. The summed E-state index contributed by atoms with van der Waals surface area (Å²) in [6.45, 7) is 3.90. The molecule has 0 aliphatic carbocycles. The summed E-state index contributed by atoms with van der Waals surface area (Å²) in [5.74, 6) is 0.748. The molecule has 0 radical (unpaired) electrons. The van der Waals surface area contributed by atoms with E-state index in [9.17, 15) is 10.1 Å². The first-order chi connectivity index (χ1) is 9.07. The third kappa shape index (κ3) is 1.41. The van der Waals surface area contributed by atoms with E-state index in [0.29, 0.717) is 5.56 Å². The molecule has 96 valence electrons. The van der Waals surface area contributed by atoms with Crippen molar-refractivity contribution in [2.24, 2.45) is 0 Å². The Morgan fingerprint density at radius 2 is 2.16 bits per heavy atom. The van der Waals surface area contributed by atoms with E-state index in [1.54, 1.807) is 23.3 Å². The first kappa shape index (κ1) is 12.0. The van der Waals surface area contributed by atoms with Gasteiger partial charge in [-0.1, -0.05) is 6.07 Å². The third-order valence-electron chi connectivity index (χ3n) is 3.80. The topological polar surface area (TPSA) is 49.0 Å². The van der Waals surface area contributed by atoms with Crippen LogP contribution in [0.3, 0.4) is 0 Å². The molecular weight excluding hydrogens is 258 g/mol. The summed E-state index contributed by atoms with van der Waals surface area (Å²) in [5, 5.41) is 11.3. The van der Waals surface area contributed by atoms with Gasteiger partial charge in [0.05, 0.1) is 5.56 Å². The van der Waals surface area contributed by atoms with Crippen molar-refractivity contribution in [3.63, 3.8) is 0 Å². The minimum atomic E-state index is -0.319. The Hall–Kier alpha value is -2.06. The fourth-order valence-corrected chi connectivity index (χ4v) is 3.49. The summed E-state index contributed by atoms with van der Waals surface area (Å²) >= 11 is 1.57. The Labute approximate surface area is 115 Å². The molecule has 2 aromatic rings. The van der Waals surface area contributed by atoms with Gasteiger partial charge in [0.15, 0.2) is 0 Å². The van der Waals surface area contributed by atoms with E-state index in [0.717, 1.165) is 22.0 Å². The van der Waals surface area contributed by atoms with Crippen molar-refractivity contribution < 1.29 is 4.79 Å². The monoisotopic (exact) mass is 271 g/mol. The largest absolute Gasteiger partial charge is 0.313 e. The summed E-state index contributed by atoms with van der Waals surface area (Å²) in [6.07, 6.45) is 0. The Bertz CT molecular complexity index is 706. The highest BCUT2D eigenvalue weighted by molar-refractivity contribution is 7.10. The molecule has 4 nitrogen and oxygen atoms in total. The molecule has 0 saturated heterocycles. The van der Waals surface area contributed by atoms with Gasteiger partial charge in [0.1, 0.15) is 17.9 Å². The van der Waals surface area contributed by atoms with E-state index in [1.807, 2.05) is 35.9 Å². The minimum absolute atomic E-state index is 0.0250. The van der Waals surface area contributed by atoms with Crippen LogP contribution in [-0.2, 0) is 4.79 Å². The van der Waals surface area contributed by atoms with E-state index in [-0.39, 0.29) is 11.9 Å². The van der Waals surface area contributed by atoms with Crippen LogP contribution in [0.2, 0.25) is 0 Å². The zero-order valence-corrected chi connectivity index (χ0v) is 11.8. The third-order valence-corrected chi connectivity index (χ3v) is 4.72. The standard InChI is InChI=1S/C14H13N3OS/c1-8-9(2)17-12(11-5-4-6-19-11)14(18)16(3)13(17)10(8)7-15/h4-6,12H,1-3H3. The van der Waals surface area contributed by atoms with Gasteiger partial charge >= 0.3 is 0 Å². The zero-order valence-electron chi connectivity index (χ0n) is 11.0. The van der Waals surface area contributed by atoms with Crippen molar-refractivity contribution in [2.75, 3.05) is 11.9 Å². The molecule has 0 N–H and O–H groups in total. The fraction of sp³-hybridized carbons (Fsp3) is 0.286. The molecule has 19 heavy (non-hydrogen) atoms. The van der Waals surface area contributed by atoms with E-state index >= 15 is 0 Å². The number of carbonyl (C=O) groups excluding carboxylic acids is 1. The van der Waals surface area contributed by atoms with Gasteiger partial charge < -0.3 is 4.57 Å². The lowest BCUT2D eigenvalue weighted by Crippen LogP contribution is -2.25. The molecule has 1 atom stereocenters. The number of nitrogens with zero attached hydrogens (tertiary/aromatic N) is 3. The number of aromatic nitrogens is 1. The number of amides is 1. The van der Waals surface area contributed by atoms with Crippen LogP contribution in [0.4, 0.5) is 5.82 Å². The highest BCUT2D eigenvalue weighted by atomic mass is 32.1. The van der Waals surface area contributed by atoms with E-state index < -0.39 is 0 Å². The number of rotatable bonds is 1. The highest BCUT2D eigenvalue weighted by Crippen LogP contribution is 2.42. The number of nitriles is 1. The van der Waals surface area contributed by atoms with Crippen molar-refractivity contribution in [1.82, 2.24) is 4.57 Å². The molecule has 3 heterocycles. The van der Waals surface area contributed by atoms with Gasteiger partial charge in [0.2, 0.25) is 0 Å². The quantitative estimate of drug-likeness (QED) is 0.800. The first-order valence-corrected chi connectivity index (χ1v) is 6.88. The van der Waals surface area contributed by atoms with Crippen molar-refractivity contribution in [3.05, 3.63) is 39.2 Å². The lowest BCUT2D eigenvalue weighted by molar-refractivity contribution is -0.119. The predicted molar refractivity (Wildman–Crippen MR) is 74.5 cm³/mol. The predicted octanol–water partition coefficient (Wildman–Crippen LogP) is 2.60. The van der Waals surface area contributed by atoms with Gasteiger partial charge in [-0.05, 0) is 30.9 Å². The van der Waals surface area contributed by atoms with Crippen LogP contribution in [0.1, 0.15) is 27.7 Å². The second kappa shape index (κ2) is 3.97. The molecule has 0 spiro atoms. The zero-order chi connectivity index (χ0) is 13.7. The Morgan fingerprint density at radius 3 is 2.74 bits per heavy atom. The molecule has 5 heteroatoms. The van der Waals surface area contributed by atoms with Gasteiger partial charge in [-0.25, -0.2) is 0 Å². The Kier molecular flexibility index (Phi) is 2.51. The van der Waals surface area contributed by atoms with Crippen LogP contribution >= 0.6 is 11.3 Å². The van der Waals surface area contributed by atoms with Crippen LogP contribution in [0.25, 0.3) is 0 Å². The number of fused-ring (bicyclic) bond motifs is 1. The maximum Gasteiger partial charge on any atom is 0.256 e. The smallest absolute Gasteiger partial charge is 0.256 e. The number of anilines is 1. The van der Waals surface area contributed by atoms with Crippen LogP contribution in [0, 0.1) is 25.2 Å². The van der Waals surface area contributed by atoms with E-state index in [4.69, 9.17) is 0 Å². The molecule has 3 rings (SSSR count). The molecule has 1 aliphatic rings. The molecule has 1 unspecified atom stereocenters. The maximum absolute atomic E-state index is 12.5. The molecule has 0 bridgehead atoms. The summed E-state index contributed by atoms with van der Waals surface area (Å²) in [7, 11) is 1.74. The van der Waals surface area contributed by atoms with Crippen LogP contribution in [0.5, 0.6) is 0 Å². The lowest BCUT2D eigenvalue weighted by atomic mass is 10.1. The number of hydrogen-bond acceptors (Lipinski definition) is 3. The lowest BCUT2D eigenvalue weighted by Gasteiger charge is -2.12. The van der Waals surface area contributed by atoms with Crippen molar-refractivity contribution in [2.45, 2.75) is 19.9 Å². The second-order valence-electron chi connectivity index (χ2n) is 4.71. The van der Waals surface area contributed by atoms with Crippen LogP contribution < -0.4 is 4.90 Å². The second-order valence-corrected chi connectivity index (χ2v) is 5.69. The summed E-state index contributed by atoms with van der Waals surface area (Å²) < 4.78 is 1.99. The summed E-state index contributed by atoms with van der Waals surface area (Å²) in [4.78, 5) is 15.1. The number of carbonyl (C=O) groups is 1. The Morgan fingerprint density at radius 1 is 1.42 bits per heavy atom. The van der Waals surface area contributed by atoms with Gasteiger partial charge in [0.25, 0.3) is 5.91 Å². The minimum Gasteiger partial charge on any atom is -0.313 e. The molecule has 1 amide bonds. The molecule has 2 aromatic heterocycles. The molecular formula is C14H13N3OS. The van der Waals surface area contributed by atoms with Gasteiger partial charge in [-0.3, -0.25) is 9.69 Å². The molecule has 1 aliphatic heterocycles. The number of likely N-dealkylation sites (N-methyl/N-ethyl adjacent to an activating group) is 1. The van der Waals surface area contributed by atoms with Gasteiger partial charge in [-0.2, -0.15) is 5.26 Å².